The minimum atomic E-state index is 0.0926. The first-order chi connectivity index (χ1) is 8.70. The number of hydrogen-bond acceptors (Lipinski definition) is 3. The molecule has 0 aliphatic carbocycles. The summed E-state index contributed by atoms with van der Waals surface area (Å²) in [7, 11) is 1.87. The Balaban J connectivity index is 2.08. The van der Waals surface area contributed by atoms with Crippen molar-refractivity contribution in [3.05, 3.63) is 29.8 Å². The van der Waals surface area contributed by atoms with E-state index in [1.54, 1.807) is 0 Å². The molecule has 0 spiro atoms. The number of amides is 1. The van der Waals surface area contributed by atoms with Crippen LogP contribution in [0.4, 0.5) is 5.69 Å². The molecule has 1 atom stereocenters. The van der Waals surface area contributed by atoms with E-state index in [1.165, 1.54) is 0 Å². The molecule has 1 N–H and O–H groups in total. The van der Waals surface area contributed by atoms with E-state index in [4.69, 9.17) is 4.74 Å². The minimum Gasteiger partial charge on any atom is -0.388 e. The topological polar surface area (TPSA) is 41.6 Å². The predicted molar refractivity (Wildman–Crippen MR) is 71.9 cm³/mol. The molecule has 0 aromatic heterocycles. The molecule has 0 bridgehead atoms. The van der Waals surface area contributed by atoms with Gasteiger partial charge in [0.15, 0.2) is 0 Å². The van der Waals surface area contributed by atoms with Crippen molar-refractivity contribution < 1.29 is 9.53 Å². The summed E-state index contributed by atoms with van der Waals surface area (Å²) in [6, 6.07) is 7.57. The molecule has 1 unspecified atom stereocenters. The van der Waals surface area contributed by atoms with Gasteiger partial charge in [-0.1, -0.05) is 0 Å². The van der Waals surface area contributed by atoms with E-state index in [9.17, 15) is 4.79 Å². The molecule has 1 fully saturated rings. The molecule has 1 saturated heterocycles. The van der Waals surface area contributed by atoms with Crippen molar-refractivity contribution in [2.24, 2.45) is 0 Å². The zero-order chi connectivity index (χ0) is 13.0. The third kappa shape index (κ3) is 3.01. The van der Waals surface area contributed by atoms with Crippen LogP contribution in [-0.4, -0.2) is 43.7 Å². The predicted octanol–water partition coefficient (Wildman–Crippen LogP) is 1.98. The molecular formula is C14H20N2O2. The van der Waals surface area contributed by atoms with Crippen molar-refractivity contribution in [1.29, 1.82) is 0 Å². The first kappa shape index (κ1) is 12.9. The SMILES string of the molecule is CNc1ccc(C(=O)N2CCCOC(C)C2)cc1. The molecule has 1 heterocycles. The standard InChI is InChI=1S/C14H20N2O2/c1-11-10-16(8-3-9-18-11)14(17)12-4-6-13(15-2)7-5-12/h4-7,11,15H,3,8-10H2,1-2H3. The third-order valence-corrected chi connectivity index (χ3v) is 3.16. The van der Waals surface area contributed by atoms with Gasteiger partial charge in [0.1, 0.15) is 0 Å². The van der Waals surface area contributed by atoms with Gasteiger partial charge in [0.2, 0.25) is 0 Å². The maximum absolute atomic E-state index is 12.3. The van der Waals surface area contributed by atoms with E-state index >= 15 is 0 Å². The molecule has 1 aromatic carbocycles. The fourth-order valence-electron chi connectivity index (χ4n) is 2.14. The Kier molecular flexibility index (Phi) is 4.20. The van der Waals surface area contributed by atoms with Gasteiger partial charge >= 0.3 is 0 Å². The highest BCUT2D eigenvalue weighted by Crippen LogP contribution is 2.13. The molecule has 98 valence electrons. The molecule has 4 nitrogen and oxygen atoms in total. The Bertz CT molecular complexity index is 403. The van der Waals surface area contributed by atoms with Crippen LogP contribution in [0.1, 0.15) is 23.7 Å². The first-order valence-electron chi connectivity index (χ1n) is 6.39. The number of carbonyl (C=O) groups excluding carboxylic acids is 1. The van der Waals surface area contributed by atoms with Gasteiger partial charge in [-0.15, -0.1) is 0 Å². The van der Waals surface area contributed by atoms with Crippen LogP contribution in [0.3, 0.4) is 0 Å². The molecular weight excluding hydrogens is 228 g/mol. The highest BCUT2D eigenvalue weighted by molar-refractivity contribution is 5.94. The maximum atomic E-state index is 12.3. The van der Waals surface area contributed by atoms with Crippen molar-refractivity contribution in [3.63, 3.8) is 0 Å². The van der Waals surface area contributed by atoms with Crippen molar-refractivity contribution in [1.82, 2.24) is 4.90 Å². The van der Waals surface area contributed by atoms with Gasteiger partial charge in [-0.25, -0.2) is 0 Å². The van der Waals surface area contributed by atoms with E-state index in [0.29, 0.717) is 6.54 Å². The summed E-state index contributed by atoms with van der Waals surface area (Å²) >= 11 is 0. The fourth-order valence-corrected chi connectivity index (χ4v) is 2.14. The van der Waals surface area contributed by atoms with Gasteiger partial charge in [-0.3, -0.25) is 4.79 Å². The molecule has 1 aliphatic rings. The average Bonchev–Trinajstić information content (AvgIpc) is 2.63. The van der Waals surface area contributed by atoms with Crippen LogP contribution in [0.25, 0.3) is 0 Å². The number of carbonyl (C=O) groups is 1. The molecule has 18 heavy (non-hydrogen) atoms. The Labute approximate surface area is 108 Å². The first-order valence-corrected chi connectivity index (χ1v) is 6.39. The van der Waals surface area contributed by atoms with Crippen molar-refractivity contribution in [2.75, 3.05) is 32.1 Å². The van der Waals surface area contributed by atoms with Crippen LogP contribution >= 0.6 is 0 Å². The average molecular weight is 248 g/mol. The smallest absolute Gasteiger partial charge is 0.253 e. The summed E-state index contributed by atoms with van der Waals surface area (Å²) < 4.78 is 5.55. The number of benzene rings is 1. The van der Waals surface area contributed by atoms with Gasteiger partial charge in [0, 0.05) is 38.0 Å². The van der Waals surface area contributed by atoms with E-state index in [2.05, 4.69) is 5.32 Å². The fraction of sp³-hybridized carbons (Fsp3) is 0.500. The maximum Gasteiger partial charge on any atom is 0.253 e. The summed E-state index contributed by atoms with van der Waals surface area (Å²) in [5, 5.41) is 3.04. The highest BCUT2D eigenvalue weighted by atomic mass is 16.5. The lowest BCUT2D eigenvalue weighted by molar-refractivity contribution is 0.0563. The molecule has 2 rings (SSSR count). The lowest BCUT2D eigenvalue weighted by atomic mass is 10.1. The molecule has 0 radical (unpaired) electrons. The monoisotopic (exact) mass is 248 g/mol. The molecule has 1 amide bonds. The molecule has 1 aromatic rings. The Hall–Kier alpha value is -1.55. The third-order valence-electron chi connectivity index (χ3n) is 3.16. The second-order valence-corrected chi connectivity index (χ2v) is 4.61. The lowest BCUT2D eigenvalue weighted by Gasteiger charge is -2.22. The summed E-state index contributed by atoms with van der Waals surface area (Å²) in [5.74, 6) is 0.0926. The van der Waals surface area contributed by atoms with E-state index in [-0.39, 0.29) is 12.0 Å². The van der Waals surface area contributed by atoms with E-state index < -0.39 is 0 Å². The van der Waals surface area contributed by atoms with Gasteiger partial charge in [-0.2, -0.15) is 0 Å². The number of rotatable bonds is 2. The summed E-state index contributed by atoms with van der Waals surface area (Å²) in [4.78, 5) is 14.2. The molecule has 1 aliphatic heterocycles. The number of hydrogen-bond donors (Lipinski definition) is 1. The molecule has 4 heteroatoms. The van der Waals surface area contributed by atoms with Crippen LogP contribution in [-0.2, 0) is 4.74 Å². The number of nitrogens with zero attached hydrogens (tertiary/aromatic N) is 1. The van der Waals surface area contributed by atoms with Crippen LogP contribution in [0.2, 0.25) is 0 Å². The quantitative estimate of drug-likeness (QED) is 0.870. The van der Waals surface area contributed by atoms with Crippen molar-refractivity contribution in [3.8, 4) is 0 Å². The normalized spacial score (nSPS) is 20.3. The zero-order valence-electron chi connectivity index (χ0n) is 11.0. The second kappa shape index (κ2) is 5.87. The van der Waals surface area contributed by atoms with Crippen molar-refractivity contribution >= 4 is 11.6 Å². The lowest BCUT2D eigenvalue weighted by Crippen LogP contribution is -2.35. The Morgan fingerprint density at radius 1 is 1.39 bits per heavy atom. The van der Waals surface area contributed by atoms with Crippen LogP contribution in [0.5, 0.6) is 0 Å². The van der Waals surface area contributed by atoms with Gasteiger partial charge < -0.3 is 15.0 Å². The molecule has 0 saturated carbocycles. The Morgan fingerprint density at radius 3 is 2.78 bits per heavy atom. The summed E-state index contributed by atoms with van der Waals surface area (Å²) in [6.07, 6.45) is 1.03. The highest BCUT2D eigenvalue weighted by Gasteiger charge is 2.20. The number of ether oxygens (including phenoxy) is 1. The summed E-state index contributed by atoms with van der Waals surface area (Å²) in [6.45, 7) is 4.20. The second-order valence-electron chi connectivity index (χ2n) is 4.61. The largest absolute Gasteiger partial charge is 0.388 e. The van der Waals surface area contributed by atoms with Crippen LogP contribution < -0.4 is 5.32 Å². The number of nitrogens with one attached hydrogen (secondary N) is 1. The minimum absolute atomic E-state index is 0.0926. The summed E-state index contributed by atoms with van der Waals surface area (Å²) in [5.41, 5.74) is 1.75. The van der Waals surface area contributed by atoms with Gasteiger partial charge in [-0.05, 0) is 37.6 Å². The number of anilines is 1. The van der Waals surface area contributed by atoms with Crippen LogP contribution in [0.15, 0.2) is 24.3 Å². The Morgan fingerprint density at radius 2 is 2.11 bits per heavy atom. The van der Waals surface area contributed by atoms with E-state index in [0.717, 1.165) is 30.8 Å². The van der Waals surface area contributed by atoms with Crippen molar-refractivity contribution in [2.45, 2.75) is 19.4 Å². The van der Waals surface area contributed by atoms with Gasteiger partial charge in [0.05, 0.1) is 6.10 Å². The van der Waals surface area contributed by atoms with Gasteiger partial charge in [0.25, 0.3) is 5.91 Å². The van der Waals surface area contributed by atoms with E-state index in [1.807, 2.05) is 43.1 Å². The zero-order valence-corrected chi connectivity index (χ0v) is 11.0. The van der Waals surface area contributed by atoms with Crippen LogP contribution in [0, 0.1) is 0 Å².